The Balaban J connectivity index is 4.11. The van der Waals surface area contributed by atoms with Crippen LogP contribution in [0.3, 0.4) is 0 Å². The van der Waals surface area contributed by atoms with Gasteiger partial charge in [0.25, 0.3) is 0 Å². The van der Waals surface area contributed by atoms with E-state index in [0.29, 0.717) is 0 Å². The van der Waals surface area contributed by atoms with Crippen LogP contribution < -0.4 is 0 Å². The predicted octanol–water partition coefficient (Wildman–Crippen LogP) is 2.58. The molecule has 0 saturated carbocycles. The summed E-state index contributed by atoms with van der Waals surface area (Å²) in [6, 6.07) is 0. The Morgan fingerprint density at radius 1 is 1.21 bits per heavy atom. The molecule has 0 atom stereocenters. The lowest BCUT2D eigenvalue weighted by atomic mass is 10.4. The summed E-state index contributed by atoms with van der Waals surface area (Å²) >= 11 is 0. The molecule has 0 saturated heterocycles. The third kappa shape index (κ3) is 5.12. The van der Waals surface area contributed by atoms with Gasteiger partial charge in [-0.15, -0.1) is 5.70 Å². The molecule has 0 aliphatic carbocycles. The molecule has 0 unspecified atom stereocenters. The van der Waals surface area contributed by atoms with Crippen molar-refractivity contribution in [3.63, 3.8) is 0 Å². The van der Waals surface area contributed by atoms with Crippen LogP contribution in [0.4, 0.5) is 0 Å². The molecule has 3 heteroatoms. The molecule has 14 heavy (non-hydrogen) atoms. The molecular weight excluding hydrogens is 202 g/mol. The fraction of sp³-hybridized carbons (Fsp3) is 0.818. The van der Waals surface area contributed by atoms with Gasteiger partial charge in [-0.25, -0.2) is 0 Å². The van der Waals surface area contributed by atoms with E-state index in [1.807, 2.05) is 0 Å². The number of rotatable bonds is 6. The van der Waals surface area contributed by atoms with Crippen molar-refractivity contribution in [3.05, 3.63) is 11.3 Å². The van der Waals surface area contributed by atoms with E-state index < -0.39 is 8.24 Å². The average molecular weight is 230 g/mol. The largest absolute Gasteiger partial charge is 0.324 e. The van der Waals surface area contributed by atoms with Crippen LogP contribution in [0.25, 0.3) is 0 Å². The summed E-state index contributed by atoms with van der Waals surface area (Å²) in [6.45, 7) is 16.5. The molecule has 0 radical (unpaired) electrons. The van der Waals surface area contributed by atoms with E-state index >= 15 is 0 Å². The molecule has 0 aliphatic rings. The zero-order valence-corrected chi connectivity index (χ0v) is 13.3. The number of allylic oxidation sites excluding steroid dienone is 1. The first-order valence-corrected chi connectivity index (χ1v) is 10.8. The van der Waals surface area contributed by atoms with Crippen LogP contribution in [0, 0.1) is 0 Å². The first-order valence-electron chi connectivity index (χ1n) is 5.82. The SMILES string of the molecule is CCN(CC)[Si](C)(C)C[SiH2]C=C(C)C. The Kier molecular flexibility index (Phi) is 6.65. The van der Waals surface area contributed by atoms with Crippen LogP contribution in [0.2, 0.25) is 18.8 Å². The zero-order valence-electron chi connectivity index (χ0n) is 10.9. The highest BCUT2D eigenvalue weighted by atomic mass is 28.4. The molecule has 0 N–H and O–H groups in total. The Morgan fingerprint density at radius 2 is 1.71 bits per heavy atom. The van der Waals surface area contributed by atoms with Gasteiger partial charge in [-0.2, -0.15) is 0 Å². The Labute approximate surface area is 93.5 Å². The van der Waals surface area contributed by atoms with Gasteiger partial charge in [0.05, 0.1) is 0 Å². The summed E-state index contributed by atoms with van der Waals surface area (Å²) in [5.74, 6) is 0. The lowest BCUT2D eigenvalue weighted by molar-refractivity contribution is 0.469. The van der Waals surface area contributed by atoms with E-state index in [4.69, 9.17) is 0 Å². The molecule has 0 amide bonds. The molecule has 0 aromatic heterocycles. The van der Waals surface area contributed by atoms with Crippen molar-refractivity contribution in [2.75, 3.05) is 13.1 Å². The van der Waals surface area contributed by atoms with Crippen LogP contribution in [0.5, 0.6) is 0 Å². The normalized spacial score (nSPS) is 12.8. The van der Waals surface area contributed by atoms with E-state index in [0.717, 1.165) is 0 Å². The van der Waals surface area contributed by atoms with E-state index in [1.54, 1.807) is 0 Å². The Morgan fingerprint density at radius 3 is 2.07 bits per heavy atom. The van der Waals surface area contributed by atoms with Crippen LogP contribution >= 0.6 is 0 Å². The van der Waals surface area contributed by atoms with Gasteiger partial charge in [-0.05, 0) is 26.9 Å². The van der Waals surface area contributed by atoms with Crippen molar-refractivity contribution in [3.8, 4) is 0 Å². The highest BCUT2D eigenvalue weighted by Gasteiger charge is 2.25. The van der Waals surface area contributed by atoms with Gasteiger partial charge in [0.1, 0.15) is 8.24 Å². The lowest BCUT2D eigenvalue weighted by Crippen LogP contribution is -2.49. The van der Waals surface area contributed by atoms with E-state index in [1.165, 1.54) is 24.3 Å². The van der Waals surface area contributed by atoms with Gasteiger partial charge < -0.3 is 4.57 Å². The van der Waals surface area contributed by atoms with Gasteiger partial charge in [0.15, 0.2) is 0 Å². The van der Waals surface area contributed by atoms with Gasteiger partial charge in [-0.3, -0.25) is 0 Å². The molecule has 0 rings (SSSR count). The second-order valence-corrected chi connectivity index (χ2v) is 12.0. The standard InChI is InChI=1S/C11H27NSi2/c1-7-12(8-2)14(5,6)10-13-9-11(3)4/h9H,7-8,10,13H2,1-6H3. The fourth-order valence-electron chi connectivity index (χ4n) is 1.95. The molecule has 0 spiro atoms. The molecule has 0 bridgehead atoms. The minimum absolute atomic E-state index is 0.0563. The number of hydrogen-bond donors (Lipinski definition) is 0. The van der Waals surface area contributed by atoms with Gasteiger partial charge >= 0.3 is 0 Å². The molecule has 0 aliphatic heterocycles. The van der Waals surface area contributed by atoms with Crippen LogP contribution in [0.1, 0.15) is 27.7 Å². The Bertz CT molecular complexity index is 180. The summed E-state index contributed by atoms with van der Waals surface area (Å²) < 4.78 is 2.71. The summed E-state index contributed by atoms with van der Waals surface area (Å²) in [7, 11) is -0.993. The second-order valence-electron chi connectivity index (χ2n) is 4.80. The van der Waals surface area contributed by atoms with Crippen molar-refractivity contribution in [2.24, 2.45) is 0 Å². The van der Waals surface area contributed by atoms with Crippen LogP contribution in [0.15, 0.2) is 11.3 Å². The molecule has 1 nitrogen and oxygen atoms in total. The predicted molar refractivity (Wildman–Crippen MR) is 73.2 cm³/mol. The average Bonchev–Trinajstić information content (AvgIpc) is 2.04. The zero-order chi connectivity index (χ0) is 11.2. The first-order chi connectivity index (χ1) is 6.44. The first kappa shape index (κ1) is 14.1. The summed E-state index contributed by atoms with van der Waals surface area (Å²) in [4.78, 5) is 0. The minimum atomic E-state index is -1.05. The Hall–Kier alpha value is 0.134. The number of hydrogen-bond acceptors (Lipinski definition) is 1. The third-order valence-electron chi connectivity index (χ3n) is 2.93. The van der Waals surface area contributed by atoms with E-state index in [-0.39, 0.29) is 9.52 Å². The molecule has 0 aromatic rings. The molecule has 0 aromatic carbocycles. The van der Waals surface area contributed by atoms with E-state index in [2.05, 4.69) is 51.1 Å². The van der Waals surface area contributed by atoms with Crippen LogP contribution in [-0.2, 0) is 0 Å². The molecular formula is C11H27NSi2. The van der Waals surface area contributed by atoms with E-state index in [9.17, 15) is 0 Å². The fourth-order valence-corrected chi connectivity index (χ4v) is 8.91. The van der Waals surface area contributed by atoms with Crippen molar-refractivity contribution in [1.29, 1.82) is 0 Å². The van der Waals surface area contributed by atoms with Crippen molar-refractivity contribution >= 4 is 17.8 Å². The monoisotopic (exact) mass is 229 g/mol. The molecule has 0 heterocycles. The maximum atomic E-state index is 2.71. The van der Waals surface area contributed by atoms with Crippen LogP contribution in [-0.4, -0.2) is 35.4 Å². The summed E-state index contributed by atoms with van der Waals surface area (Å²) in [5.41, 5.74) is 5.55. The highest BCUT2D eigenvalue weighted by Crippen LogP contribution is 2.14. The van der Waals surface area contributed by atoms with Gasteiger partial charge in [0.2, 0.25) is 0 Å². The lowest BCUT2D eigenvalue weighted by Gasteiger charge is -2.35. The van der Waals surface area contributed by atoms with Gasteiger partial charge in [0, 0.05) is 9.52 Å². The van der Waals surface area contributed by atoms with Gasteiger partial charge in [-0.1, -0.05) is 38.2 Å². The van der Waals surface area contributed by atoms with Crippen molar-refractivity contribution in [2.45, 2.75) is 46.5 Å². The topological polar surface area (TPSA) is 3.24 Å². The third-order valence-corrected chi connectivity index (χ3v) is 12.4. The van der Waals surface area contributed by atoms with Crippen molar-refractivity contribution < 1.29 is 0 Å². The smallest absolute Gasteiger partial charge is 0.119 e. The highest BCUT2D eigenvalue weighted by molar-refractivity contribution is 6.82. The van der Waals surface area contributed by atoms with Crippen molar-refractivity contribution in [1.82, 2.24) is 4.57 Å². The summed E-state index contributed by atoms with van der Waals surface area (Å²) in [6.07, 6.45) is 0. The molecule has 84 valence electrons. The molecule has 0 fully saturated rings. The maximum absolute atomic E-state index is 2.71. The minimum Gasteiger partial charge on any atom is -0.324 e. The number of nitrogens with zero attached hydrogens (tertiary/aromatic N) is 1. The quantitative estimate of drug-likeness (QED) is 0.633. The maximum Gasteiger partial charge on any atom is 0.119 e. The summed E-state index contributed by atoms with van der Waals surface area (Å²) in [5, 5.41) is 0. The second kappa shape index (κ2) is 6.59.